The molecule has 0 radical (unpaired) electrons. The average molecular weight is 368 g/mol. The minimum Gasteiger partial charge on any atom is -0.481 e. The lowest BCUT2D eigenvalue weighted by Gasteiger charge is -2.41. The first kappa shape index (κ1) is 19.5. The maximum Gasteiger partial charge on any atom is 0.321 e. The molecule has 0 bridgehead atoms. The molecule has 25 heavy (non-hydrogen) atoms. The van der Waals surface area contributed by atoms with Crippen molar-refractivity contribution in [2.24, 2.45) is 5.92 Å². The van der Waals surface area contributed by atoms with Crippen LogP contribution in [0.15, 0.2) is 18.2 Å². The second kappa shape index (κ2) is 8.54. The molecule has 1 saturated heterocycles. The summed E-state index contributed by atoms with van der Waals surface area (Å²) in [4.78, 5) is 27.4. The number of urea groups is 1. The van der Waals surface area contributed by atoms with Gasteiger partial charge in [0.05, 0.1) is 0 Å². The van der Waals surface area contributed by atoms with Crippen LogP contribution in [0.2, 0.25) is 5.02 Å². The molecular weight excluding hydrogens is 342 g/mol. The van der Waals surface area contributed by atoms with Crippen LogP contribution in [0.5, 0.6) is 0 Å². The number of carboxylic acid groups (broad SMARTS) is 1. The van der Waals surface area contributed by atoms with Gasteiger partial charge in [0, 0.05) is 36.3 Å². The first-order valence-corrected chi connectivity index (χ1v) is 8.86. The van der Waals surface area contributed by atoms with Gasteiger partial charge < -0.3 is 20.2 Å². The zero-order chi connectivity index (χ0) is 18.6. The average Bonchev–Trinajstić information content (AvgIpc) is 2.55. The lowest BCUT2D eigenvalue weighted by atomic mass is 9.87. The Morgan fingerprint density at radius 3 is 2.72 bits per heavy atom. The monoisotopic (exact) mass is 367 g/mol. The van der Waals surface area contributed by atoms with E-state index in [1.165, 1.54) is 0 Å². The third-order valence-electron chi connectivity index (χ3n) is 4.80. The summed E-state index contributed by atoms with van der Waals surface area (Å²) in [5.41, 5.74) is 1.62. The Morgan fingerprint density at radius 2 is 2.12 bits per heavy atom. The highest BCUT2D eigenvalue weighted by molar-refractivity contribution is 6.31. The lowest BCUT2D eigenvalue weighted by Crippen LogP contribution is -2.51. The number of benzene rings is 1. The molecule has 2 N–H and O–H groups in total. The number of piperidine rings is 1. The number of amides is 2. The van der Waals surface area contributed by atoms with Crippen molar-refractivity contribution in [1.29, 1.82) is 0 Å². The molecule has 0 saturated carbocycles. The molecule has 2 amide bonds. The van der Waals surface area contributed by atoms with Gasteiger partial charge in [-0.15, -0.1) is 0 Å². The van der Waals surface area contributed by atoms with Crippen LogP contribution >= 0.6 is 11.6 Å². The van der Waals surface area contributed by atoms with Crippen LogP contribution in [0, 0.1) is 12.8 Å². The number of hydrogen-bond acceptors (Lipinski definition) is 3. The standard InChI is InChI=1S/C18H26ClN3O3/c1-12-4-6-14(10-15(12)19)20-18(25)22-9-8-16(21(2)3)13(11-22)5-7-17(23)24/h4,6,10,13,16H,5,7-9,11H2,1-3H3,(H,20,25)(H,23,24)/t13-,16+/m1/s1. The number of anilines is 1. The summed E-state index contributed by atoms with van der Waals surface area (Å²) in [7, 11) is 4.00. The van der Waals surface area contributed by atoms with E-state index in [1.807, 2.05) is 33.2 Å². The molecule has 1 aliphatic heterocycles. The van der Waals surface area contributed by atoms with E-state index >= 15 is 0 Å². The van der Waals surface area contributed by atoms with Crippen LogP contribution in [0.3, 0.4) is 0 Å². The molecular formula is C18H26ClN3O3. The van der Waals surface area contributed by atoms with Gasteiger partial charge in [-0.1, -0.05) is 17.7 Å². The molecule has 2 atom stereocenters. The largest absolute Gasteiger partial charge is 0.481 e. The van der Waals surface area contributed by atoms with Gasteiger partial charge in [-0.05, 0) is 57.5 Å². The molecule has 2 rings (SSSR count). The van der Waals surface area contributed by atoms with Gasteiger partial charge in [-0.2, -0.15) is 0 Å². The van der Waals surface area contributed by atoms with Crippen molar-refractivity contribution in [2.45, 2.75) is 32.2 Å². The summed E-state index contributed by atoms with van der Waals surface area (Å²) in [6.45, 7) is 3.12. The summed E-state index contributed by atoms with van der Waals surface area (Å²) in [6, 6.07) is 5.55. The molecule has 0 unspecified atom stereocenters. The third kappa shape index (κ3) is 5.34. The first-order chi connectivity index (χ1) is 11.8. The van der Waals surface area contributed by atoms with Crippen molar-refractivity contribution in [3.63, 3.8) is 0 Å². The zero-order valence-corrected chi connectivity index (χ0v) is 15.7. The molecule has 1 aromatic carbocycles. The molecule has 138 valence electrons. The summed E-state index contributed by atoms with van der Waals surface area (Å²) in [6.07, 6.45) is 1.52. The Labute approximate surface area is 153 Å². The molecule has 0 aliphatic carbocycles. The van der Waals surface area contributed by atoms with Crippen LogP contribution < -0.4 is 5.32 Å². The second-order valence-electron chi connectivity index (χ2n) is 6.85. The number of rotatable bonds is 5. The highest BCUT2D eigenvalue weighted by atomic mass is 35.5. The minimum atomic E-state index is -0.798. The maximum absolute atomic E-state index is 12.6. The molecule has 7 heteroatoms. The molecule has 0 aromatic heterocycles. The zero-order valence-electron chi connectivity index (χ0n) is 15.0. The van der Waals surface area contributed by atoms with Crippen LogP contribution in [0.4, 0.5) is 10.5 Å². The predicted molar refractivity (Wildman–Crippen MR) is 99.2 cm³/mol. The van der Waals surface area contributed by atoms with E-state index in [-0.39, 0.29) is 24.4 Å². The summed E-state index contributed by atoms with van der Waals surface area (Å²) < 4.78 is 0. The Balaban J connectivity index is 2.01. The van der Waals surface area contributed by atoms with Gasteiger partial charge in [0.15, 0.2) is 0 Å². The van der Waals surface area contributed by atoms with E-state index in [0.29, 0.717) is 30.2 Å². The summed E-state index contributed by atoms with van der Waals surface area (Å²) in [5, 5.41) is 12.5. The Bertz CT molecular complexity index is 636. The number of nitrogens with zero attached hydrogens (tertiary/aromatic N) is 2. The van der Waals surface area contributed by atoms with Crippen LogP contribution in [0.1, 0.15) is 24.8 Å². The Hall–Kier alpha value is -1.79. The van der Waals surface area contributed by atoms with E-state index in [9.17, 15) is 9.59 Å². The van der Waals surface area contributed by atoms with E-state index in [0.717, 1.165) is 12.0 Å². The van der Waals surface area contributed by atoms with Gasteiger partial charge in [0.2, 0.25) is 0 Å². The van der Waals surface area contributed by atoms with Gasteiger partial charge >= 0.3 is 12.0 Å². The number of nitrogens with one attached hydrogen (secondary N) is 1. The highest BCUT2D eigenvalue weighted by Crippen LogP contribution is 2.26. The quantitative estimate of drug-likeness (QED) is 0.837. The van der Waals surface area contributed by atoms with E-state index < -0.39 is 5.97 Å². The Morgan fingerprint density at radius 1 is 1.40 bits per heavy atom. The second-order valence-corrected chi connectivity index (χ2v) is 7.26. The summed E-state index contributed by atoms with van der Waals surface area (Å²) >= 11 is 6.11. The molecule has 1 aromatic rings. The SMILES string of the molecule is Cc1ccc(NC(=O)N2CC[C@H](N(C)C)[C@H](CCC(=O)O)C2)cc1Cl. The van der Waals surface area contributed by atoms with Crippen molar-refractivity contribution >= 4 is 29.3 Å². The number of carboxylic acids is 1. The van der Waals surface area contributed by atoms with E-state index in [4.69, 9.17) is 16.7 Å². The Kier molecular flexibility index (Phi) is 6.67. The summed E-state index contributed by atoms with van der Waals surface area (Å²) in [5.74, 6) is -0.652. The van der Waals surface area contributed by atoms with Crippen LogP contribution in [-0.2, 0) is 4.79 Å². The van der Waals surface area contributed by atoms with E-state index in [2.05, 4.69) is 10.2 Å². The number of likely N-dealkylation sites (tertiary alicyclic amines) is 1. The fraction of sp³-hybridized carbons (Fsp3) is 0.556. The van der Waals surface area contributed by atoms with E-state index in [1.54, 1.807) is 11.0 Å². The van der Waals surface area contributed by atoms with Crippen LogP contribution in [-0.4, -0.2) is 60.1 Å². The highest BCUT2D eigenvalue weighted by Gasteiger charge is 2.32. The van der Waals surface area contributed by atoms with Crippen molar-refractivity contribution in [3.05, 3.63) is 28.8 Å². The van der Waals surface area contributed by atoms with Crippen molar-refractivity contribution in [1.82, 2.24) is 9.80 Å². The smallest absolute Gasteiger partial charge is 0.321 e. The molecule has 1 fully saturated rings. The van der Waals surface area contributed by atoms with Gasteiger partial charge in [-0.25, -0.2) is 4.79 Å². The molecule has 1 aliphatic rings. The topological polar surface area (TPSA) is 72.9 Å². The fourth-order valence-electron chi connectivity index (χ4n) is 3.35. The van der Waals surface area contributed by atoms with Crippen molar-refractivity contribution < 1.29 is 14.7 Å². The number of halogens is 1. The predicted octanol–water partition coefficient (Wildman–Crippen LogP) is 3.30. The van der Waals surface area contributed by atoms with Gasteiger partial charge in [0.1, 0.15) is 0 Å². The molecule has 6 nitrogen and oxygen atoms in total. The van der Waals surface area contributed by atoms with Gasteiger partial charge in [-0.3, -0.25) is 4.79 Å². The first-order valence-electron chi connectivity index (χ1n) is 8.48. The maximum atomic E-state index is 12.6. The number of hydrogen-bond donors (Lipinski definition) is 2. The number of aryl methyl sites for hydroxylation is 1. The van der Waals surface area contributed by atoms with Crippen molar-refractivity contribution in [2.75, 3.05) is 32.5 Å². The van der Waals surface area contributed by atoms with Crippen LogP contribution in [0.25, 0.3) is 0 Å². The fourth-order valence-corrected chi connectivity index (χ4v) is 3.53. The van der Waals surface area contributed by atoms with Gasteiger partial charge in [0.25, 0.3) is 0 Å². The number of carbonyl (C=O) groups is 2. The lowest BCUT2D eigenvalue weighted by molar-refractivity contribution is -0.137. The van der Waals surface area contributed by atoms with Crippen molar-refractivity contribution in [3.8, 4) is 0 Å². The normalized spacial score (nSPS) is 20.6. The molecule has 0 spiro atoms. The minimum absolute atomic E-state index is 0.123. The number of aliphatic carboxylic acids is 1. The number of carbonyl (C=O) groups excluding carboxylic acids is 1. The molecule has 1 heterocycles. The third-order valence-corrected chi connectivity index (χ3v) is 5.20.